The number of carbonyl (C=O) groups excluding carboxylic acids is 1. The molecule has 0 aliphatic carbocycles. The van der Waals surface area contributed by atoms with Gasteiger partial charge < -0.3 is 15.0 Å². The second-order valence-electron chi connectivity index (χ2n) is 6.18. The van der Waals surface area contributed by atoms with Crippen LogP contribution in [-0.4, -0.2) is 43.0 Å². The summed E-state index contributed by atoms with van der Waals surface area (Å²) in [5.74, 6) is 0.526. The van der Waals surface area contributed by atoms with Crippen LogP contribution in [0.5, 0.6) is 5.75 Å². The van der Waals surface area contributed by atoms with Gasteiger partial charge >= 0.3 is 0 Å². The first kappa shape index (κ1) is 18.2. The Balaban J connectivity index is 1.72. The molecule has 5 nitrogen and oxygen atoms in total. The van der Waals surface area contributed by atoms with Crippen LogP contribution in [0.3, 0.4) is 0 Å². The van der Waals surface area contributed by atoms with E-state index in [1.54, 1.807) is 42.7 Å². The van der Waals surface area contributed by atoms with Crippen LogP contribution in [0.1, 0.15) is 10.4 Å². The molecule has 1 N–H and O–H groups in total. The number of rotatable bonds is 6. The lowest BCUT2D eigenvalue weighted by Gasteiger charge is -2.12. The third kappa shape index (κ3) is 4.50. The molecule has 6 heteroatoms. The first-order valence-electron chi connectivity index (χ1n) is 8.25. The summed E-state index contributed by atoms with van der Waals surface area (Å²) in [7, 11) is 3.98. The lowest BCUT2D eigenvalue weighted by molar-refractivity contribution is 0.102. The molecule has 0 unspecified atom stereocenters. The average molecular weight is 370 g/mol. The smallest absolute Gasteiger partial charge is 0.255 e. The van der Waals surface area contributed by atoms with Crippen molar-refractivity contribution < 1.29 is 9.53 Å². The molecule has 1 heterocycles. The summed E-state index contributed by atoms with van der Waals surface area (Å²) in [6.07, 6.45) is 3.41. The molecule has 0 radical (unpaired) electrons. The van der Waals surface area contributed by atoms with Crippen molar-refractivity contribution in [2.24, 2.45) is 0 Å². The summed E-state index contributed by atoms with van der Waals surface area (Å²) < 4.78 is 5.64. The number of carbonyl (C=O) groups is 1. The van der Waals surface area contributed by atoms with Crippen LogP contribution < -0.4 is 10.1 Å². The summed E-state index contributed by atoms with van der Waals surface area (Å²) in [6.45, 7) is 1.43. The van der Waals surface area contributed by atoms with Gasteiger partial charge in [-0.05, 0) is 61.9 Å². The van der Waals surface area contributed by atoms with E-state index in [2.05, 4.69) is 10.3 Å². The minimum atomic E-state index is -0.211. The van der Waals surface area contributed by atoms with E-state index in [0.29, 0.717) is 22.9 Å². The van der Waals surface area contributed by atoms with Crippen molar-refractivity contribution in [2.75, 3.05) is 32.6 Å². The fourth-order valence-electron chi connectivity index (χ4n) is 2.51. The van der Waals surface area contributed by atoms with Crippen LogP contribution in [0, 0.1) is 0 Å². The molecular formula is C20H20ClN3O2. The summed E-state index contributed by atoms with van der Waals surface area (Å²) in [5, 5.41) is 5.23. The first-order valence-corrected chi connectivity index (χ1v) is 8.63. The molecule has 0 aliphatic heterocycles. The first-order chi connectivity index (χ1) is 12.5. The van der Waals surface area contributed by atoms with Crippen LogP contribution in [0.15, 0.2) is 54.9 Å². The van der Waals surface area contributed by atoms with Crippen molar-refractivity contribution in [3.63, 3.8) is 0 Å². The van der Waals surface area contributed by atoms with E-state index >= 15 is 0 Å². The molecule has 2 aromatic carbocycles. The molecule has 0 spiro atoms. The van der Waals surface area contributed by atoms with Gasteiger partial charge in [0.05, 0.1) is 5.69 Å². The van der Waals surface area contributed by atoms with Crippen LogP contribution in [-0.2, 0) is 0 Å². The molecule has 0 saturated carbocycles. The summed E-state index contributed by atoms with van der Waals surface area (Å²) in [4.78, 5) is 18.7. The van der Waals surface area contributed by atoms with Crippen molar-refractivity contribution >= 4 is 34.0 Å². The Labute approximate surface area is 157 Å². The van der Waals surface area contributed by atoms with Crippen molar-refractivity contribution in [2.45, 2.75) is 0 Å². The minimum Gasteiger partial charge on any atom is -0.492 e. The van der Waals surface area contributed by atoms with Crippen LogP contribution in [0.2, 0.25) is 5.02 Å². The Morgan fingerprint density at radius 2 is 1.96 bits per heavy atom. The molecule has 26 heavy (non-hydrogen) atoms. The molecule has 0 aliphatic rings. The van der Waals surface area contributed by atoms with Gasteiger partial charge in [-0.1, -0.05) is 11.6 Å². The Kier molecular flexibility index (Phi) is 5.71. The summed E-state index contributed by atoms with van der Waals surface area (Å²) in [5.41, 5.74) is 1.18. The quantitative estimate of drug-likeness (QED) is 0.711. The van der Waals surface area contributed by atoms with Crippen molar-refractivity contribution in [3.8, 4) is 5.75 Å². The number of likely N-dealkylation sites (N-methyl/N-ethyl adjacent to an activating group) is 1. The number of fused-ring (bicyclic) bond motifs is 1. The minimum absolute atomic E-state index is 0.211. The standard InChI is InChI=1S/C20H20ClN3O2/c1-24(2)9-10-26-17-5-3-14(4-6-17)20(25)23-19-12-16(21)11-15-7-8-22-13-18(15)19/h3-8,11-13H,9-10H2,1-2H3,(H,23,25). The normalized spacial score (nSPS) is 10.9. The second kappa shape index (κ2) is 8.17. The monoisotopic (exact) mass is 369 g/mol. The van der Waals surface area contributed by atoms with Gasteiger partial charge in [0.2, 0.25) is 0 Å². The number of amides is 1. The van der Waals surface area contributed by atoms with Gasteiger partial charge in [0, 0.05) is 34.9 Å². The van der Waals surface area contributed by atoms with Gasteiger partial charge in [-0.15, -0.1) is 0 Å². The number of benzene rings is 2. The van der Waals surface area contributed by atoms with Gasteiger partial charge in [-0.3, -0.25) is 9.78 Å². The number of nitrogens with zero attached hydrogens (tertiary/aromatic N) is 2. The Bertz CT molecular complexity index is 911. The van der Waals surface area contributed by atoms with Crippen molar-refractivity contribution in [3.05, 3.63) is 65.4 Å². The number of pyridine rings is 1. The molecule has 3 rings (SSSR count). The number of ether oxygens (including phenoxy) is 1. The maximum absolute atomic E-state index is 12.6. The highest BCUT2D eigenvalue weighted by molar-refractivity contribution is 6.32. The molecule has 0 saturated heterocycles. The molecule has 3 aromatic rings. The zero-order chi connectivity index (χ0) is 18.5. The number of halogens is 1. The molecule has 134 valence electrons. The predicted molar refractivity (Wildman–Crippen MR) is 105 cm³/mol. The van der Waals surface area contributed by atoms with Crippen molar-refractivity contribution in [1.29, 1.82) is 0 Å². The van der Waals surface area contributed by atoms with Gasteiger partial charge in [0.25, 0.3) is 5.91 Å². The Morgan fingerprint density at radius 1 is 1.19 bits per heavy atom. The Morgan fingerprint density at radius 3 is 2.69 bits per heavy atom. The fourth-order valence-corrected chi connectivity index (χ4v) is 2.74. The fraction of sp³-hybridized carbons (Fsp3) is 0.200. The van der Waals surface area contributed by atoms with E-state index < -0.39 is 0 Å². The van der Waals surface area contributed by atoms with Crippen LogP contribution in [0.25, 0.3) is 10.8 Å². The summed E-state index contributed by atoms with van der Waals surface area (Å²) >= 11 is 6.15. The van der Waals surface area contributed by atoms with Crippen LogP contribution in [0.4, 0.5) is 5.69 Å². The maximum Gasteiger partial charge on any atom is 0.255 e. The number of hydrogen-bond acceptors (Lipinski definition) is 4. The number of aromatic nitrogens is 1. The van der Waals surface area contributed by atoms with Gasteiger partial charge in [-0.25, -0.2) is 0 Å². The number of nitrogens with one attached hydrogen (secondary N) is 1. The third-order valence-corrected chi connectivity index (χ3v) is 4.11. The molecule has 0 atom stereocenters. The van der Waals surface area contributed by atoms with E-state index in [1.807, 2.05) is 31.1 Å². The zero-order valence-corrected chi connectivity index (χ0v) is 15.5. The molecule has 0 bridgehead atoms. The molecule has 1 aromatic heterocycles. The van der Waals surface area contributed by atoms with E-state index in [1.165, 1.54) is 0 Å². The van der Waals surface area contributed by atoms with Crippen LogP contribution >= 0.6 is 11.6 Å². The highest BCUT2D eigenvalue weighted by Gasteiger charge is 2.10. The third-order valence-electron chi connectivity index (χ3n) is 3.89. The van der Waals surface area contributed by atoms with Gasteiger partial charge in [-0.2, -0.15) is 0 Å². The Hall–Kier alpha value is -2.63. The van der Waals surface area contributed by atoms with Crippen molar-refractivity contribution in [1.82, 2.24) is 9.88 Å². The largest absolute Gasteiger partial charge is 0.492 e. The zero-order valence-electron chi connectivity index (χ0n) is 14.7. The summed E-state index contributed by atoms with van der Waals surface area (Å²) in [6, 6.07) is 12.5. The molecular weight excluding hydrogens is 350 g/mol. The topological polar surface area (TPSA) is 54.5 Å². The van der Waals surface area contributed by atoms with E-state index in [9.17, 15) is 4.79 Å². The van der Waals surface area contributed by atoms with E-state index in [4.69, 9.17) is 16.3 Å². The van der Waals surface area contributed by atoms with E-state index in [-0.39, 0.29) is 5.91 Å². The molecule has 0 fully saturated rings. The SMILES string of the molecule is CN(C)CCOc1ccc(C(=O)Nc2cc(Cl)cc3ccncc23)cc1. The average Bonchev–Trinajstić information content (AvgIpc) is 2.62. The molecule has 1 amide bonds. The van der Waals surface area contributed by atoms with Gasteiger partial charge in [0.15, 0.2) is 0 Å². The maximum atomic E-state index is 12.6. The van der Waals surface area contributed by atoms with E-state index in [0.717, 1.165) is 23.1 Å². The predicted octanol–water partition coefficient (Wildman–Crippen LogP) is 4.08. The lowest BCUT2D eigenvalue weighted by atomic mass is 10.1. The lowest BCUT2D eigenvalue weighted by Crippen LogP contribution is -2.19. The number of anilines is 1. The second-order valence-corrected chi connectivity index (χ2v) is 6.62. The van der Waals surface area contributed by atoms with Gasteiger partial charge in [0.1, 0.15) is 12.4 Å². The highest BCUT2D eigenvalue weighted by Crippen LogP contribution is 2.27. The highest BCUT2D eigenvalue weighted by atomic mass is 35.5. The number of hydrogen-bond donors (Lipinski definition) is 1.